The quantitative estimate of drug-likeness (QED) is 0.370. The third-order valence-corrected chi connectivity index (χ3v) is 5.64. The van der Waals surface area contributed by atoms with Crippen LogP contribution >= 0.6 is 23.2 Å². The number of aldehydes is 1. The Bertz CT molecular complexity index is 1540. The summed E-state index contributed by atoms with van der Waals surface area (Å²) in [5.74, 6) is -0.900. The van der Waals surface area contributed by atoms with Crippen LogP contribution in [0.25, 0.3) is 33.5 Å². The highest BCUT2D eigenvalue weighted by atomic mass is 35.5. The zero-order valence-corrected chi connectivity index (χ0v) is 20.2. The van der Waals surface area contributed by atoms with Gasteiger partial charge in [0, 0.05) is 34.0 Å². The van der Waals surface area contributed by atoms with Gasteiger partial charge in [-0.15, -0.1) is 0 Å². The van der Waals surface area contributed by atoms with Gasteiger partial charge in [-0.2, -0.15) is 0 Å². The van der Waals surface area contributed by atoms with Gasteiger partial charge in [0.2, 0.25) is 5.91 Å². The summed E-state index contributed by atoms with van der Waals surface area (Å²) in [5, 5.41) is 3.11. The second-order valence-electron chi connectivity index (χ2n) is 8.16. The molecule has 2 heterocycles. The summed E-state index contributed by atoms with van der Waals surface area (Å²) in [4.78, 5) is 46.2. The number of pyridine rings is 1. The van der Waals surface area contributed by atoms with Crippen molar-refractivity contribution in [1.82, 2.24) is 19.9 Å². The Labute approximate surface area is 209 Å². The molecule has 2 aromatic heterocycles. The molecule has 0 aliphatic carbocycles. The minimum Gasteiger partial charge on any atom is -0.352 e. The molecule has 35 heavy (non-hydrogen) atoms. The van der Waals surface area contributed by atoms with Crippen molar-refractivity contribution >= 4 is 46.4 Å². The smallest absolute Gasteiger partial charge is 0.263 e. The molecule has 0 atom stereocenters. The molecule has 1 amide bonds. The Kier molecular flexibility index (Phi) is 6.95. The fourth-order valence-corrected chi connectivity index (χ4v) is 4.05. The largest absolute Gasteiger partial charge is 0.352 e. The van der Waals surface area contributed by atoms with Gasteiger partial charge in [0.25, 0.3) is 5.56 Å². The number of hydrogen-bond acceptors (Lipinski definition) is 5. The van der Waals surface area contributed by atoms with Crippen molar-refractivity contribution in [3.8, 4) is 22.5 Å². The zero-order valence-electron chi connectivity index (χ0n) is 18.7. The molecular formula is C25H19Cl2FN4O3. The van der Waals surface area contributed by atoms with Crippen molar-refractivity contribution in [2.24, 2.45) is 0 Å². The molecule has 0 fully saturated rings. The van der Waals surface area contributed by atoms with E-state index in [2.05, 4.69) is 15.3 Å². The lowest BCUT2D eigenvalue weighted by Crippen LogP contribution is -2.37. The maximum absolute atomic E-state index is 13.8. The number of amides is 1. The van der Waals surface area contributed by atoms with E-state index in [0.29, 0.717) is 33.6 Å². The molecule has 1 N–H and O–H groups in total. The van der Waals surface area contributed by atoms with E-state index in [9.17, 15) is 18.8 Å². The number of carbonyl (C=O) groups excluding carboxylic acids is 2. The summed E-state index contributed by atoms with van der Waals surface area (Å²) in [6.45, 7) is 3.28. The van der Waals surface area contributed by atoms with E-state index < -0.39 is 17.3 Å². The Hall–Kier alpha value is -3.62. The fourth-order valence-electron chi connectivity index (χ4n) is 3.62. The van der Waals surface area contributed by atoms with Crippen LogP contribution in [0.15, 0.2) is 53.5 Å². The Morgan fingerprint density at radius 3 is 2.57 bits per heavy atom. The van der Waals surface area contributed by atoms with Gasteiger partial charge in [-0.3, -0.25) is 19.0 Å². The number of nitrogens with one attached hydrogen (secondary N) is 1. The molecule has 7 nitrogen and oxygen atoms in total. The molecular weight excluding hydrogens is 494 g/mol. The second-order valence-corrected chi connectivity index (χ2v) is 9.01. The zero-order chi connectivity index (χ0) is 25.3. The highest BCUT2D eigenvalue weighted by Gasteiger charge is 2.18. The van der Waals surface area contributed by atoms with Gasteiger partial charge < -0.3 is 5.32 Å². The Balaban J connectivity index is 1.93. The molecule has 0 radical (unpaired) electrons. The van der Waals surface area contributed by atoms with E-state index in [-0.39, 0.29) is 34.5 Å². The molecule has 0 saturated heterocycles. The lowest BCUT2D eigenvalue weighted by molar-refractivity contribution is -0.122. The van der Waals surface area contributed by atoms with Crippen molar-refractivity contribution in [2.45, 2.75) is 26.4 Å². The number of halogens is 3. The van der Waals surface area contributed by atoms with Crippen LogP contribution in [0.2, 0.25) is 10.0 Å². The molecule has 0 aliphatic heterocycles. The molecule has 4 aromatic rings. The summed E-state index contributed by atoms with van der Waals surface area (Å²) >= 11 is 12.1. The van der Waals surface area contributed by atoms with E-state index in [0.717, 1.165) is 6.07 Å². The van der Waals surface area contributed by atoms with Gasteiger partial charge in [0.15, 0.2) is 5.65 Å². The van der Waals surface area contributed by atoms with Crippen molar-refractivity contribution in [3.05, 3.63) is 80.4 Å². The predicted octanol–water partition coefficient (Wildman–Crippen LogP) is 4.91. The Morgan fingerprint density at radius 2 is 1.89 bits per heavy atom. The van der Waals surface area contributed by atoms with E-state index in [1.807, 2.05) is 0 Å². The number of hydrogen-bond donors (Lipinski definition) is 1. The van der Waals surface area contributed by atoms with Crippen LogP contribution in [-0.4, -0.2) is 32.8 Å². The van der Waals surface area contributed by atoms with Crippen molar-refractivity contribution in [2.75, 3.05) is 0 Å². The third-order valence-electron chi connectivity index (χ3n) is 5.13. The van der Waals surface area contributed by atoms with E-state index in [4.69, 9.17) is 23.2 Å². The van der Waals surface area contributed by atoms with E-state index >= 15 is 0 Å². The summed E-state index contributed by atoms with van der Waals surface area (Å²) in [5.41, 5.74) is 1.47. The van der Waals surface area contributed by atoms with Crippen molar-refractivity contribution in [3.63, 3.8) is 0 Å². The standard InChI is InChI=1S/C25H19Cl2FN4O3/c1-13(2)30-22(34)11-32-24(15-3-4-21(28)20(27)9-15)31-23-19(25(32)35)8-17(10-29-23)16-5-14(12-33)6-18(26)7-16/h3-10,12-13H,11H2,1-2H3,(H,30,34). The summed E-state index contributed by atoms with van der Waals surface area (Å²) < 4.78 is 15.0. The molecule has 0 bridgehead atoms. The van der Waals surface area contributed by atoms with Crippen LogP contribution in [0.5, 0.6) is 0 Å². The first-order valence-electron chi connectivity index (χ1n) is 10.6. The molecule has 10 heteroatoms. The number of rotatable bonds is 6. The molecule has 0 saturated carbocycles. The minimum atomic E-state index is -0.623. The van der Waals surface area contributed by atoms with Gasteiger partial charge in [0.1, 0.15) is 24.5 Å². The number of carbonyl (C=O) groups is 2. The van der Waals surface area contributed by atoms with E-state index in [1.54, 1.807) is 32.0 Å². The number of aromatic nitrogens is 3. The SMILES string of the molecule is CC(C)NC(=O)Cn1c(-c2ccc(F)c(Cl)c2)nc2ncc(-c3cc(Cl)cc(C=O)c3)cc2c1=O. The maximum atomic E-state index is 13.8. The highest BCUT2D eigenvalue weighted by molar-refractivity contribution is 6.31. The van der Waals surface area contributed by atoms with Crippen LogP contribution in [-0.2, 0) is 11.3 Å². The van der Waals surface area contributed by atoms with Gasteiger partial charge >= 0.3 is 0 Å². The van der Waals surface area contributed by atoms with Crippen LogP contribution in [0.3, 0.4) is 0 Å². The monoisotopic (exact) mass is 512 g/mol. The molecule has 0 spiro atoms. The first-order chi connectivity index (χ1) is 16.7. The average Bonchev–Trinajstić information content (AvgIpc) is 2.81. The normalized spacial score (nSPS) is 11.1. The summed E-state index contributed by atoms with van der Waals surface area (Å²) in [6.07, 6.45) is 2.18. The Morgan fingerprint density at radius 1 is 1.11 bits per heavy atom. The lowest BCUT2D eigenvalue weighted by Gasteiger charge is -2.15. The van der Waals surface area contributed by atoms with Gasteiger partial charge in [-0.05, 0) is 61.9 Å². The number of fused-ring (bicyclic) bond motifs is 1. The summed E-state index contributed by atoms with van der Waals surface area (Å²) in [6, 6.07) is 10.2. The predicted molar refractivity (Wildman–Crippen MR) is 133 cm³/mol. The molecule has 2 aromatic carbocycles. The minimum absolute atomic E-state index is 0.120. The van der Waals surface area contributed by atoms with Crippen LogP contribution in [0.1, 0.15) is 24.2 Å². The molecule has 178 valence electrons. The maximum Gasteiger partial charge on any atom is 0.263 e. The molecule has 4 rings (SSSR count). The van der Waals surface area contributed by atoms with Gasteiger partial charge in [0.05, 0.1) is 10.4 Å². The molecule has 0 unspecified atom stereocenters. The topological polar surface area (TPSA) is 93.9 Å². The van der Waals surface area contributed by atoms with Crippen LogP contribution < -0.4 is 10.9 Å². The average molecular weight is 513 g/mol. The van der Waals surface area contributed by atoms with Gasteiger partial charge in [-0.25, -0.2) is 14.4 Å². The van der Waals surface area contributed by atoms with Crippen molar-refractivity contribution < 1.29 is 14.0 Å². The van der Waals surface area contributed by atoms with Crippen LogP contribution in [0.4, 0.5) is 4.39 Å². The van der Waals surface area contributed by atoms with E-state index in [1.165, 1.54) is 29.0 Å². The lowest BCUT2D eigenvalue weighted by atomic mass is 10.0. The van der Waals surface area contributed by atoms with Crippen molar-refractivity contribution in [1.29, 1.82) is 0 Å². The molecule has 0 aliphatic rings. The highest BCUT2D eigenvalue weighted by Crippen LogP contribution is 2.27. The second kappa shape index (κ2) is 9.93. The first kappa shape index (κ1) is 24.5. The van der Waals surface area contributed by atoms with Gasteiger partial charge in [-0.1, -0.05) is 23.2 Å². The number of nitrogens with zero attached hydrogens (tertiary/aromatic N) is 3. The number of benzene rings is 2. The summed E-state index contributed by atoms with van der Waals surface area (Å²) in [7, 11) is 0. The first-order valence-corrected chi connectivity index (χ1v) is 11.3. The van der Waals surface area contributed by atoms with Crippen LogP contribution in [0, 0.1) is 5.82 Å². The fraction of sp³-hybridized carbons (Fsp3) is 0.160. The third kappa shape index (κ3) is 5.23.